The van der Waals surface area contributed by atoms with Crippen molar-refractivity contribution in [1.82, 2.24) is 4.57 Å². The highest BCUT2D eigenvalue weighted by atomic mass is 32.1. The first-order valence-corrected chi connectivity index (χ1v) is 15.0. The molecule has 0 radical (unpaired) electrons. The van der Waals surface area contributed by atoms with Gasteiger partial charge in [0.05, 0.1) is 35.6 Å². The van der Waals surface area contributed by atoms with Gasteiger partial charge in [-0.05, 0) is 72.9 Å². The molecule has 1 aliphatic heterocycles. The number of aryl methyl sites for hydroxylation is 1. The van der Waals surface area contributed by atoms with Gasteiger partial charge >= 0.3 is 5.97 Å². The van der Waals surface area contributed by atoms with Crippen LogP contribution in [-0.2, 0) is 11.2 Å². The number of furan rings is 1. The fraction of sp³-hybridized carbons (Fsp3) is 0.171. The van der Waals surface area contributed by atoms with Crippen LogP contribution in [0.3, 0.4) is 0 Å². The van der Waals surface area contributed by atoms with Crippen LogP contribution >= 0.6 is 11.3 Å². The van der Waals surface area contributed by atoms with Gasteiger partial charge in [0, 0.05) is 17.2 Å². The fourth-order valence-corrected chi connectivity index (χ4v) is 6.79. The Bertz CT molecular complexity index is 2060. The second-order valence-corrected chi connectivity index (χ2v) is 11.4. The van der Waals surface area contributed by atoms with Crippen LogP contribution in [0.5, 0.6) is 5.75 Å². The molecule has 43 heavy (non-hydrogen) atoms. The maximum atomic E-state index is 14.0. The summed E-state index contributed by atoms with van der Waals surface area (Å²) in [6.45, 7) is 2.10. The summed E-state index contributed by atoms with van der Waals surface area (Å²) >= 11 is 1.37. The van der Waals surface area contributed by atoms with Crippen LogP contribution < -0.4 is 19.6 Å². The molecule has 0 unspecified atom stereocenters. The second-order valence-electron chi connectivity index (χ2n) is 10.4. The van der Waals surface area contributed by atoms with Crippen molar-refractivity contribution in [1.29, 1.82) is 0 Å². The molecule has 0 bridgehead atoms. The molecular formula is C35H28N2O5S. The van der Waals surface area contributed by atoms with Gasteiger partial charge in [-0.3, -0.25) is 9.36 Å². The van der Waals surface area contributed by atoms with Crippen molar-refractivity contribution >= 4 is 29.1 Å². The van der Waals surface area contributed by atoms with E-state index in [9.17, 15) is 9.59 Å². The number of hydrogen-bond donors (Lipinski definition) is 0. The minimum absolute atomic E-state index is 0.105. The third kappa shape index (κ3) is 4.83. The first-order valence-electron chi connectivity index (χ1n) is 14.2. The van der Waals surface area contributed by atoms with E-state index in [2.05, 4.69) is 18.2 Å². The number of carbonyl (C=O) groups is 1. The van der Waals surface area contributed by atoms with E-state index in [-0.39, 0.29) is 17.6 Å². The summed E-state index contributed by atoms with van der Waals surface area (Å²) in [4.78, 5) is 31.8. The van der Waals surface area contributed by atoms with Gasteiger partial charge in [-0.1, -0.05) is 59.9 Å². The Labute approximate surface area is 251 Å². The largest absolute Gasteiger partial charge is 0.497 e. The van der Waals surface area contributed by atoms with Crippen LogP contribution in [0, 0.1) is 0 Å². The summed E-state index contributed by atoms with van der Waals surface area (Å²) in [5, 5.41) is 0. The molecule has 0 saturated heterocycles. The van der Waals surface area contributed by atoms with E-state index in [0.29, 0.717) is 33.0 Å². The molecule has 0 N–H and O–H groups in total. The summed E-state index contributed by atoms with van der Waals surface area (Å²) in [5.74, 6) is 1.61. The topological polar surface area (TPSA) is 83.0 Å². The zero-order valence-corrected chi connectivity index (χ0v) is 24.5. The Morgan fingerprint density at radius 1 is 1.02 bits per heavy atom. The van der Waals surface area contributed by atoms with Crippen molar-refractivity contribution in [3.63, 3.8) is 0 Å². The summed E-state index contributed by atoms with van der Waals surface area (Å²) in [5.41, 5.74) is 6.72. The van der Waals surface area contributed by atoms with E-state index >= 15 is 0 Å². The number of methoxy groups -OCH3 is 1. The smallest absolute Gasteiger partial charge is 0.338 e. The van der Waals surface area contributed by atoms with E-state index in [4.69, 9.17) is 18.9 Å². The Hall–Kier alpha value is -4.95. The number of esters is 1. The van der Waals surface area contributed by atoms with Crippen molar-refractivity contribution in [3.05, 3.63) is 138 Å². The van der Waals surface area contributed by atoms with Crippen LogP contribution in [-0.4, -0.2) is 24.3 Å². The molecular weight excluding hydrogens is 560 g/mol. The number of thiazole rings is 1. The molecule has 0 spiro atoms. The molecule has 214 valence electrons. The van der Waals surface area contributed by atoms with Gasteiger partial charge in [-0.15, -0.1) is 0 Å². The molecule has 1 atom stereocenters. The van der Waals surface area contributed by atoms with Crippen LogP contribution in [0.1, 0.15) is 52.2 Å². The van der Waals surface area contributed by atoms with Gasteiger partial charge in [-0.2, -0.15) is 0 Å². The van der Waals surface area contributed by atoms with E-state index in [1.807, 2.05) is 59.2 Å². The Morgan fingerprint density at radius 3 is 2.58 bits per heavy atom. The molecule has 2 aliphatic rings. The van der Waals surface area contributed by atoms with E-state index in [1.54, 1.807) is 32.2 Å². The number of ether oxygens (including phenoxy) is 2. The van der Waals surface area contributed by atoms with Crippen LogP contribution in [0.25, 0.3) is 23.1 Å². The Balaban J connectivity index is 1.31. The molecule has 0 saturated carbocycles. The minimum atomic E-state index is -0.359. The quantitative estimate of drug-likeness (QED) is 0.236. The predicted molar refractivity (Wildman–Crippen MR) is 166 cm³/mol. The number of hydrogen-bond acceptors (Lipinski definition) is 7. The molecule has 2 aromatic heterocycles. The monoisotopic (exact) mass is 588 g/mol. The lowest BCUT2D eigenvalue weighted by Gasteiger charge is -2.30. The number of benzene rings is 3. The molecule has 1 aliphatic carbocycles. The summed E-state index contributed by atoms with van der Waals surface area (Å²) in [6.07, 6.45) is 3.51. The van der Waals surface area contributed by atoms with Crippen LogP contribution in [0.4, 0.5) is 0 Å². The molecule has 5 aromatic rings. The first-order chi connectivity index (χ1) is 21.0. The van der Waals surface area contributed by atoms with E-state index < -0.39 is 0 Å². The number of aromatic nitrogens is 1. The average Bonchev–Trinajstić information content (AvgIpc) is 3.64. The standard InChI is InChI=1S/C35H28N2O5S/c1-3-41-34(39)24-10-8-22(9-11-24)29-19-17-26(42-29)20-30-33(38)37-32(23-12-15-25(40-2)16-13-23)28-18-14-21-6-4-5-7-27(21)31(28)36-35(37)43-30/h4-13,15-17,19-20,32H,3,14,18H2,1-2H3/b30-20+/t32-/m0/s1. The van der Waals surface area contributed by atoms with Crippen LogP contribution in [0.15, 0.2) is 105 Å². The average molecular weight is 589 g/mol. The summed E-state index contributed by atoms with van der Waals surface area (Å²) < 4.78 is 19.0. The third-order valence-corrected chi connectivity index (χ3v) is 8.87. The SMILES string of the molecule is CCOC(=O)c1ccc(-c2ccc(/C=c3/sc4n(c3=O)[C@@H](c3ccc(OC)cc3)C3=C(N=4)c4ccccc4CC3)o2)cc1. The lowest BCUT2D eigenvalue weighted by Crippen LogP contribution is -2.38. The zero-order valence-electron chi connectivity index (χ0n) is 23.7. The van der Waals surface area contributed by atoms with Gasteiger partial charge in [0.25, 0.3) is 5.56 Å². The molecule has 8 heteroatoms. The number of nitrogens with zero attached hydrogens (tertiary/aromatic N) is 2. The lowest BCUT2D eigenvalue weighted by molar-refractivity contribution is 0.0526. The Morgan fingerprint density at radius 2 is 1.81 bits per heavy atom. The van der Waals surface area contributed by atoms with E-state index in [1.165, 1.54) is 16.9 Å². The minimum Gasteiger partial charge on any atom is -0.497 e. The van der Waals surface area contributed by atoms with Gasteiger partial charge < -0.3 is 13.9 Å². The van der Waals surface area contributed by atoms with E-state index in [0.717, 1.165) is 46.6 Å². The van der Waals surface area contributed by atoms with Crippen molar-refractivity contribution in [2.45, 2.75) is 25.8 Å². The van der Waals surface area contributed by atoms with Crippen molar-refractivity contribution < 1.29 is 18.7 Å². The maximum absolute atomic E-state index is 14.0. The molecule has 0 amide bonds. The number of rotatable bonds is 6. The Kier molecular flexibility index (Phi) is 6.91. The molecule has 7 rings (SSSR count). The highest BCUT2D eigenvalue weighted by Gasteiger charge is 2.32. The maximum Gasteiger partial charge on any atom is 0.338 e. The zero-order chi connectivity index (χ0) is 29.5. The number of fused-ring (bicyclic) bond motifs is 3. The molecule has 0 fully saturated rings. The van der Waals surface area contributed by atoms with Crippen molar-refractivity contribution in [2.75, 3.05) is 13.7 Å². The summed E-state index contributed by atoms with van der Waals surface area (Å²) in [6, 6.07) is 26.8. The highest BCUT2D eigenvalue weighted by molar-refractivity contribution is 7.07. The van der Waals surface area contributed by atoms with Crippen molar-refractivity contribution in [2.24, 2.45) is 4.99 Å². The summed E-state index contributed by atoms with van der Waals surface area (Å²) in [7, 11) is 1.65. The highest BCUT2D eigenvalue weighted by Crippen LogP contribution is 2.41. The van der Waals surface area contributed by atoms with Crippen molar-refractivity contribution in [3.8, 4) is 17.1 Å². The number of allylic oxidation sites excluding steroid dienone is 1. The number of carbonyl (C=O) groups excluding carboxylic acids is 1. The normalized spacial score (nSPS) is 15.8. The van der Waals surface area contributed by atoms with Crippen LogP contribution in [0.2, 0.25) is 0 Å². The second kappa shape index (κ2) is 11.0. The molecule has 7 nitrogen and oxygen atoms in total. The third-order valence-electron chi connectivity index (χ3n) is 7.89. The molecule has 3 aromatic carbocycles. The molecule has 3 heterocycles. The lowest BCUT2D eigenvalue weighted by atomic mass is 9.83. The van der Waals surface area contributed by atoms with Gasteiger partial charge in [0.15, 0.2) is 4.80 Å². The fourth-order valence-electron chi connectivity index (χ4n) is 5.81. The first kappa shape index (κ1) is 26.9. The predicted octanol–water partition coefficient (Wildman–Crippen LogP) is 5.76. The van der Waals surface area contributed by atoms with Gasteiger partial charge in [0.1, 0.15) is 17.3 Å². The van der Waals surface area contributed by atoms with Gasteiger partial charge in [0.2, 0.25) is 0 Å². The van der Waals surface area contributed by atoms with Gasteiger partial charge in [-0.25, -0.2) is 9.79 Å².